The molecule has 1 aromatic carbocycles. The lowest BCUT2D eigenvalue weighted by molar-refractivity contribution is 0.0739. The summed E-state index contributed by atoms with van der Waals surface area (Å²) < 4.78 is 12.9. The van der Waals surface area contributed by atoms with Crippen LogP contribution in [0.5, 0.6) is 0 Å². The van der Waals surface area contributed by atoms with E-state index >= 15 is 0 Å². The van der Waals surface area contributed by atoms with E-state index in [9.17, 15) is 4.79 Å². The first kappa shape index (κ1) is 17.2. The smallest absolute Gasteiger partial charge is 0.392 e. The van der Waals surface area contributed by atoms with E-state index < -0.39 is 13.8 Å². The van der Waals surface area contributed by atoms with E-state index in [2.05, 4.69) is 40.7 Å². The van der Waals surface area contributed by atoms with Gasteiger partial charge in [-0.1, -0.05) is 47.7 Å². The fraction of sp³-hybridized carbons (Fsp3) is 0.467. The number of hydrogen-bond acceptors (Lipinski definition) is 4. The predicted molar refractivity (Wildman–Crippen MR) is 91.8 cm³/mol. The molecule has 0 unspecified atom stereocenters. The van der Waals surface area contributed by atoms with Gasteiger partial charge in [-0.2, -0.15) is 4.68 Å². The van der Waals surface area contributed by atoms with Crippen molar-refractivity contribution in [2.75, 3.05) is 6.61 Å². The third kappa shape index (κ3) is 5.55. The van der Waals surface area contributed by atoms with Gasteiger partial charge in [-0.3, -0.25) is 0 Å². The highest BCUT2D eigenvalue weighted by Gasteiger charge is 2.13. The molecule has 0 bridgehead atoms. The van der Waals surface area contributed by atoms with Gasteiger partial charge in [0.1, 0.15) is 6.73 Å². The number of hydrogen-bond donors (Lipinski definition) is 0. The highest BCUT2D eigenvalue weighted by atomic mass is 79.9. The molecule has 7 heteroatoms. The maximum atomic E-state index is 11.7. The molecule has 2 rings (SSSR count). The molecule has 22 heavy (non-hydrogen) atoms. The van der Waals surface area contributed by atoms with Crippen LogP contribution in [0.25, 0.3) is 0 Å². The second kappa shape index (κ2) is 7.39. The fourth-order valence-electron chi connectivity index (χ4n) is 1.81. The van der Waals surface area contributed by atoms with Crippen LogP contribution in [0.2, 0.25) is 25.7 Å². The summed E-state index contributed by atoms with van der Waals surface area (Å²) in [4.78, 5) is 11.7. The van der Waals surface area contributed by atoms with Gasteiger partial charge in [0.2, 0.25) is 5.89 Å². The predicted octanol–water partition coefficient (Wildman–Crippen LogP) is 3.50. The zero-order valence-corrected chi connectivity index (χ0v) is 15.7. The Kier molecular flexibility index (Phi) is 5.77. The average Bonchev–Trinajstić information content (AvgIpc) is 2.77. The zero-order valence-electron chi connectivity index (χ0n) is 13.1. The van der Waals surface area contributed by atoms with E-state index in [1.54, 1.807) is 0 Å². The van der Waals surface area contributed by atoms with Gasteiger partial charge >= 0.3 is 5.76 Å². The summed E-state index contributed by atoms with van der Waals surface area (Å²) in [5.41, 5.74) is 1.04. The number of aromatic nitrogens is 2. The summed E-state index contributed by atoms with van der Waals surface area (Å²) in [6.45, 7) is 7.66. The van der Waals surface area contributed by atoms with Gasteiger partial charge in [0.15, 0.2) is 0 Å². The van der Waals surface area contributed by atoms with Crippen LogP contribution in [-0.4, -0.2) is 24.5 Å². The molecule has 0 atom stereocenters. The number of rotatable bonds is 7. The van der Waals surface area contributed by atoms with Crippen molar-refractivity contribution in [1.29, 1.82) is 0 Å². The molecule has 0 aliphatic heterocycles. The molecule has 0 amide bonds. The Labute approximate surface area is 139 Å². The number of ether oxygens (including phenoxy) is 1. The van der Waals surface area contributed by atoms with E-state index in [0.717, 1.165) is 16.1 Å². The Hall–Kier alpha value is -1.18. The highest BCUT2D eigenvalue weighted by molar-refractivity contribution is 9.10. The molecule has 5 nitrogen and oxygen atoms in total. The molecule has 0 fully saturated rings. The number of benzene rings is 1. The molecule has 1 aromatic heterocycles. The number of nitrogens with zero attached hydrogens (tertiary/aromatic N) is 2. The lowest BCUT2D eigenvalue weighted by Gasteiger charge is -2.14. The minimum atomic E-state index is -1.12. The minimum Gasteiger partial charge on any atom is -0.392 e. The van der Waals surface area contributed by atoms with Crippen LogP contribution in [0, 0.1) is 0 Å². The monoisotopic (exact) mass is 384 g/mol. The molecule has 0 saturated carbocycles. The summed E-state index contributed by atoms with van der Waals surface area (Å²) in [6.07, 6.45) is 0.491. The van der Waals surface area contributed by atoms with Crippen LogP contribution in [-0.2, 0) is 17.9 Å². The maximum absolute atomic E-state index is 11.7. The van der Waals surface area contributed by atoms with Crippen LogP contribution >= 0.6 is 15.9 Å². The van der Waals surface area contributed by atoms with Gasteiger partial charge in [0.05, 0.1) is 6.42 Å². The minimum absolute atomic E-state index is 0.146. The second-order valence-electron chi connectivity index (χ2n) is 6.41. The van der Waals surface area contributed by atoms with Crippen LogP contribution in [0.15, 0.2) is 37.9 Å². The molecule has 0 aliphatic rings. The molecule has 0 N–H and O–H groups in total. The molecule has 0 saturated heterocycles. The van der Waals surface area contributed by atoms with Crippen molar-refractivity contribution in [3.63, 3.8) is 0 Å². The van der Waals surface area contributed by atoms with Crippen molar-refractivity contribution in [3.8, 4) is 0 Å². The first-order valence-electron chi connectivity index (χ1n) is 7.22. The Balaban J connectivity index is 1.91. The maximum Gasteiger partial charge on any atom is 0.439 e. The summed E-state index contributed by atoms with van der Waals surface area (Å²) in [5, 5.41) is 4.17. The van der Waals surface area contributed by atoms with Crippen molar-refractivity contribution in [1.82, 2.24) is 9.78 Å². The molecular weight excluding hydrogens is 364 g/mol. The van der Waals surface area contributed by atoms with Gasteiger partial charge in [-0.05, 0) is 23.7 Å². The number of halogens is 1. The Bertz CT molecular complexity index is 659. The molecule has 0 spiro atoms. The zero-order chi connectivity index (χ0) is 16.2. The molecule has 0 radical (unpaired) electrons. The summed E-state index contributed by atoms with van der Waals surface area (Å²) in [7, 11) is -1.12. The van der Waals surface area contributed by atoms with Crippen molar-refractivity contribution in [3.05, 3.63) is 50.7 Å². The lowest BCUT2D eigenvalue weighted by Crippen LogP contribution is -2.23. The standard InChI is InChI=1S/C15H21BrN2O3Si/c1-22(2,3)9-8-20-11-18-15(19)21-14(17-18)10-12-4-6-13(16)7-5-12/h4-7H,8-11H2,1-3H3. The Morgan fingerprint density at radius 3 is 2.59 bits per heavy atom. The topological polar surface area (TPSA) is 57.3 Å². The van der Waals surface area contributed by atoms with Gasteiger partial charge < -0.3 is 9.15 Å². The molecular formula is C15H21BrN2O3Si. The largest absolute Gasteiger partial charge is 0.439 e. The van der Waals surface area contributed by atoms with E-state index in [-0.39, 0.29) is 6.73 Å². The molecule has 2 aromatic rings. The fourth-order valence-corrected chi connectivity index (χ4v) is 2.83. The van der Waals surface area contributed by atoms with Gasteiger partial charge in [0.25, 0.3) is 0 Å². The summed E-state index contributed by atoms with van der Waals surface area (Å²) in [5.74, 6) is -0.0683. The molecule has 1 heterocycles. The highest BCUT2D eigenvalue weighted by Crippen LogP contribution is 2.13. The van der Waals surface area contributed by atoms with Crippen molar-refractivity contribution >= 4 is 24.0 Å². The van der Waals surface area contributed by atoms with Crippen LogP contribution in [0.1, 0.15) is 11.5 Å². The van der Waals surface area contributed by atoms with E-state index in [1.165, 1.54) is 4.68 Å². The Morgan fingerprint density at radius 1 is 1.27 bits per heavy atom. The first-order chi connectivity index (χ1) is 10.3. The summed E-state index contributed by atoms with van der Waals surface area (Å²) in [6, 6.07) is 8.89. The molecule has 0 aliphatic carbocycles. The average molecular weight is 385 g/mol. The van der Waals surface area contributed by atoms with Crippen molar-refractivity contribution < 1.29 is 9.15 Å². The van der Waals surface area contributed by atoms with Crippen molar-refractivity contribution in [2.24, 2.45) is 0 Å². The molecule has 120 valence electrons. The van der Waals surface area contributed by atoms with E-state index in [1.807, 2.05) is 24.3 Å². The van der Waals surface area contributed by atoms with Gasteiger partial charge in [-0.15, -0.1) is 5.10 Å². The third-order valence-corrected chi connectivity index (χ3v) is 5.36. The van der Waals surface area contributed by atoms with Crippen LogP contribution in [0.4, 0.5) is 0 Å². The lowest BCUT2D eigenvalue weighted by atomic mass is 10.2. The van der Waals surface area contributed by atoms with Crippen LogP contribution < -0.4 is 5.76 Å². The Morgan fingerprint density at radius 2 is 1.95 bits per heavy atom. The normalized spacial score (nSPS) is 11.8. The third-order valence-electron chi connectivity index (χ3n) is 3.13. The first-order valence-corrected chi connectivity index (χ1v) is 11.7. The van der Waals surface area contributed by atoms with Crippen molar-refractivity contribution in [2.45, 2.75) is 38.8 Å². The quantitative estimate of drug-likeness (QED) is 0.541. The van der Waals surface area contributed by atoms with E-state index in [4.69, 9.17) is 9.15 Å². The van der Waals surface area contributed by atoms with Gasteiger partial charge in [0, 0.05) is 19.2 Å². The van der Waals surface area contributed by atoms with E-state index in [0.29, 0.717) is 18.9 Å². The SMILES string of the molecule is C[Si](C)(C)CCOCn1nc(Cc2ccc(Br)cc2)oc1=O. The second-order valence-corrected chi connectivity index (χ2v) is 12.9. The van der Waals surface area contributed by atoms with Crippen LogP contribution in [0.3, 0.4) is 0 Å². The summed E-state index contributed by atoms with van der Waals surface area (Å²) >= 11 is 3.39. The van der Waals surface area contributed by atoms with Gasteiger partial charge in [-0.25, -0.2) is 4.79 Å².